The predicted octanol–water partition coefficient (Wildman–Crippen LogP) is 4.65. The van der Waals surface area contributed by atoms with Gasteiger partial charge in [0.1, 0.15) is 0 Å². The highest BCUT2D eigenvalue weighted by Crippen LogP contribution is 2.38. The van der Waals surface area contributed by atoms with Gasteiger partial charge in [-0.2, -0.15) is 0 Å². The fraction of sp³-hybridized carbons (Fsp3) is 0.391. The van der Waals surface area contributed by atoms with E-state index < -0.39 is 0 Å². The van der Waals surface area contributed by atoms with Crippen LogP contribution in [0.5, 0.6) is 0 Å². The SMILES string of the molecule is Cc1csc(C(=O)N2CCCCC2c2nc(N(C)C)ncc2-c2ccncc2C)c1. The van der Waals surface area contributed by atoms with Gasteiger partial charge in [-0.15, -0.1) is 11.3 Å². The maximum absolute atomic E-state index is 13.4. The van der Waals surface area contributed by atoms with Gasteiger partial charge in [0, 0.05) is 44.8 Å². The van der Waals surface area contributed by atoms with Crippen molar-refractivity contribution in [1.29, 1.82) is 0 Å². The molecule has 30 heavy (non-hydrogen) atoms. The lowest BCUT2D eigenvalue weighted by Crippen LogP contribution is -2.39. The lowest BCUT2D eigenvalue weighted by atomic mass is 9.92. The van der Waals surface area contributed by atoms with E-state index in [9.17, 15) is 4.79 Å². The molecular weight excluding hydrogens is 394 g/mol. The molecule has 4 rings (SSSR count). The molecule has 1 unspecified atom stereocenters. The molecule has 6 nitrogen and oxygen atoms in total. The fourth-order valence-corrected chi connectivity index (χ4v) is 4.83. The van der Waals surface area contributed by atoms with E-state index in [0.29, 0.717) is 5.95 Å². The summed E-state index contributed by atoms with van der Waals surface area (Å²) < 4.78 is 0. The molecule has 0 spiro atoms. The van der Waals surface area contributed by atoms with Crippen molar-refractivity contribution in [3.05, 3.63) is 57.8 Å². The normalized spacial score (nSPS) is 16.5. The van der Waals surface area contributed by atoms with Gasteiger partial charge in [0.2, 0.25) is 5.95 Å². The van der Waals surface area contributed by atoms with Crippen molar-refractivity contribution in [2.75, 3.05) is 25.5 Å². The summed E-state index contributed by atoms with van der Waals surface area (Å²) in [5.41, 5.74) is 5.16. The van der Waals surface area contributed by atoms with Crippen LogP contribution in [0.2, 0.25) is 0 Å². The highest BCUT2D eigenvalue weighted by atomic mass is 32.1. The first-order valence-electron chi connectivity index (χ1n) is 10.3. The van der Waals surface area contributed by atoms with Gasteiger partial charge in [-0.1, -0.05) is 0 Å². The van der Waals surface area contributed by atoms with E-state index in [1.165, 1.54) is 11.3 Å². The quantitative estimate of drug-likeness (QED) is 0.614. The van der Waals surface area contributed by atoms with Crippen molar-refractivity contribution in [2.45, 2.75) is 39.2 Å². The standard InChI is InChI=1S/C23H27N5OS/c1-15-11-20(30-14-15)22(29)28-10-6-5-7-19(28)21-18(13-25-23(26-21)27(3)4)17-8-9-24-12-16(17)2/h8-9,11-14,19H,5-7,10H2,1-4H3. The number of hydrogen-bond donors (Lipinski definition) is 0. The van der Waals surface area contributed by atoms with Crippen LogP contribution in [0.1, 0.15) is 51.8 Å². The predicted molar refractivity (Wildman–Crippen MR) is 121 cm³/mol. The summed E-state index contributed by atoms with van der Waals surface area (Å²) in [5.74, 6) is 0.755. The van der Waals surface area contributed by atoms with Gasteiger partial charge in [0.05, 0.1) is 16.6 Å². The second kappa shape index (κ2) is 8.52. The average molecular weight is 422 g/mol. The number of anilines is 1. The van der Waals surface area contributed by atoms with Crippen LogP contribution in [0.15, 0.2) is 36.1 Å². The molecule has 0 saturated carbocycles. The van der Waals surface area contributed by atoms with Crippen LogP contribution >= 0.6 is 11.3 Å². The second-order valence-corrected chi connectivity index (χ2v) is 8.96. The number of amides is 1. The van der Waals surface area contributed by atoms with Crippen LogP contribution in [0.3, 0.4) is 0 Å². The van der Waals surface area contributed by atoms with Crippen molar-refractivity contribution in [1.82, 2.24) is 19.9 Å². The summed E-state index contributed by atoms with van der Waals surface area (Å²) in [5, 5.41) is 2.03. The molecule has 0 radical (unpaired) electrons. The summed E-state index contributed by atoms with van der Waals surface area (Å²) in [4.78, 5) is 31.9. The molecular formula is C23H27N5OS. The van der Waals surface area contributed by atoms with Crippen molar-refractivity contribution < 1.29 is 4.79 Å². The molecule has 0 aliphatic carbocycles. The first-order chi connectivity index (χ1) is 14.5. The van der Waals surface area contributed by atoms with Gasteiger partial charge in [-0.25, -0.2) is 9.97 Å². The molecule has 1 atom stereocenters. The van der Waals surface area contributed by atoms with E-state index in [0.717, 1.165) is 58.6 Å². The van der Waals surface area contributed by atoms with E-state index >= 15 is 0 Å². The number of aryl methyl sites for hydroxylation is 2. The number of thiophene rings is 1. The van der Waals surface area contributed by atoms with E-state index in [-0.39, 0.29) is 11.9 Å². The lowest BCUT2D eigenvalue weighted by molar-refractivity contribution is 0.0612. The summed E-state index contributed by atoms with van der Waals surface area (Å²) in [6, 6.07) is 3.92. The number of rotatable bonds is 4. The Balaban J connectivity index is 1.82. The highest BCUT2D eigenvalue weighted by Gasteiger charge is 2.33. The molecule has 156 valence electrons. The summed E-state index contributed by atoms with van der Waals surface area (Å²) in [6.45, 7) is 4.82. The van der Waals surface area contributed by atoms with Gasteiger partial charge in [-0.05, 0) is 67.3 Å². The van der Waals surface area contributed by atoms with Gasteiger partial charge < -0.3 is 9.80 Å². The topological polar surface area (TPSA) is 62.2 Å². The van der Waals surface area contributed by atoms with E-state index in [2.05, 4.69) is 9.97 Å². The molecule has 0 bridgehead atoms. The van der Waals surface area contributed by atoms with Crippen molar-refractivity contribution in [2.24, 2.45) is 0 Å². The van der Waals surface area contributed by atoms with Crippen molar-refractivity contribution >= 4 is 23.2 Å². The lowest BCUT2D eigenvalue weighted by Gasteiger charge is -2.36. The van der Waals surface area contributed by atoms with Crippen molar-refractivity contribution in [3.63, 3.8) is 0 Å². The van der Waals surface area contributed by atoms with Crippen LogP contribution in [-0.2, 0) is 0 Å². The molecule has 3 aromatic heterocycles. The number of piperidine rings is 1. The first kappa shape index (κ1) is 20.5. The Bertz CT molecular complexity index is 1060. The maximum atomic E-state index is 13.4. The molecule has 1 fully saturated rings. The maximum Gasteiger partial charge on any atom is 0.264 e. The fourth-order valence-electron chi connectivity index (χ4n) is 3.98. The third-order valence-electron chi connectivity index (χ3n) is 5.54. The summed E-state index contributed by atoms with van der Waals surface area (Å²) in [6.07, 6.45) is 8.54. The molecule has 7 heteroatoms. The number of aromatic nitrogens is 3. The Hall–Kier alpha value is -2.80. The number of carbonyl (C=O) groups excluding carboxylic acids is 1. The molecule has 1 amide bonds. The van der Waals surface area contributed by atoms with Crippen molar-refractivity contribution in [3.8, 4) is 11.1 Å². The zero-order valence-corrected chi connectivity index (χ0v) is 18.7. The highest BCUT2D eigenvalue weighted by molar-refractivity contribution is 7.12. The minimum Gasteiger partial charge on any atom is -0.347 e. The Kier molecular flexibility index (Phi) is 5.81. The van der Waals surface area contributed by atoms with Crippen LogP contribution in [0.25, 0.3) is 11.1 Å². The molecule has 0 aromatic carbocycles. The molecule has 1 saturated heterocycles. The molecule has 3 aromatic rings. The minimum atomic E-state index is -0.0714. The zero-order valence-electron chi connectivity index (χ0n) is 17.9. The third-order valence-corrected chi connectivity index (χ3v) is 6.57. The van der Waals surface area contributed by atoms with E-state index in [1.54, 1.807) is 6.20 Å². The largest absolute Gasteiger partial charge is 0.347 e. The third kappa shape index (κ3) is 3.94. The Labute approximate surface area is 181 Å². The monoisotopic (exact) mass is 421 g/mol. The summed E-state index contributed by atoms with van der Waals surface area (Å²) >= 11 is 1.52. The summed E-state index contributed by atoms with van der Waals surface area (Å²) in [7, 11) is 3.88. The van der Waals surface area contributed by atoms with Crippen LogP contribution in [-0.4, -0.2) is 46.4 Å². The minimum absolute atomic E-state index is 0.0714. The van der Waals surface area contributed by atoms with E-state index in [1.807, 2.05) is 67.6 Å². The van der Waals surface area contributed by atoms with Crippen LogP contribution in [0.4, 0.5) is 5.95 Å². The van der Waals surface area contributed by atoms with Crippen LogP contribution < -0.4 is 4.90 Å². The average Bonchev–Trinajstić information content (AvgIpc) is 3.19. The zero-order chi connectivity index (χ0) is 21.3. The second-order valence-electron chi connectivity index (χ2n) is 8.05. The molecule has 4 heterocycles. The van der Waals surface area contributed by atoms with Gasteiger partial charge in [0.15, 0.2) is 0 Å². The molecule has 1 aliphatic rings. The molecule has 0 N–H and O–H groups in total. The number of nitrogens with zero attached hydrogens (tertiary/aromatic N) is 5. The molecule has 1 aliphatic heterocycles. The smallest absolute Gasteiger partial charge is 0.264 e. The number of carbonyl (C=O) groups is 1. The Morgan fingerprint density at radius 2 is 2.03 bits per heavy atom. The van der Waals surface area contributed by atoms with Gasteiger partial charge in [0.25, 0.3) is 5.91 Å². The van der Waals surface area contributed by atoms with Crippen LogP contribution in [0, 0.1) is 13.8 Å². The Morgan fingerprint density at radius 3 is 2.73 bits per heavy atom. The van der Waals surface area contributed by atoms with E-state index in [4.69, 9.17) is 4.98 Å². The Morgan fingerprint density at radius 1 is 1.20 bits per heavy atom. The van der Waals surface area contributed by atoms with Gasteiger partial charge in [-0.3, -0.25) is 9.78 Å². The number of pyridine rings is 1. The number of hydrogen-bond acceptors (Lipinski definition) is 6. The number of likely N-dealkylation sites (tertiary alicyclic amines) is 1. The van der Waals surface area contributed by atoms with Gasteiger partial charge >= 0.3 is 0 Å². The first-order valence-corrected chi connectivity index (χ1v) is 11.1.